The number of aryl methyl sites for hydroxylation is 1. The first-order chi connectivity index (χ1) is 11.2. The van der Waals surface area contributed by atoms with Crippen LogP contribution >= 0.6 is 0 Å². The summed E-state index contributed by atoms with van der Waals surface area (Å²) in [7, 11) is 1.37. The summed E-state index contributed by atoms with van der Waals surface area (Å²) in [6.45, 7) is 2.83. The van der Waals surface area contributed by atoms with Crippen molar-refractivity contribution in [1.82, 2.24) is 9.97 Å². The molecule has 1 aliphatic heterocycles. The Labute approximate surface area is 135 Å². The van der Waals surface area contributed by atoms with Gasteiger partial charge in [-0.25, -0.2) is 14.8 Å². The minimum absolute atomic E-state index is 0.300. The van der Waals surface area contributed by atoms with Crippen molar-refractivity contribution in [2.75, 3.05) is 18.6 Å². The first-order valence-corrected chi connectivity index (χ1v) is 7.93. The van der Waals surface area contributed by atoms with Crippen molar-refractivity contribution in [2.24, 2.45) is 11.8 Å². The van der Waals surface area contributed by atoms with Crippen molar-refractivity contribution in [2.45, 2.75) is 19.4 Å². The number of esters is 1. The van der Waals surface area contributed by atoms with Crippen LogP contribution < -0.4 is 4.90 Å². The van der Waals surface area contributed by atoms with E-state index < -0.39 is 5.97 Å². The molecule has 2 heterocycles. The highest BCUT2D eigenvalue weighted by Crippen LogP contribution is 2.56. The number of hydrogen-bond acceptors (Lipinski definition) is 5. The summed E-state index contributed by atoms with van der Waals surface area (Å²) >= 11 is 0. The summed E-state index contributed by atoms with van der Waals surface area (Å²) in [5.74, 6) is 1.60. The van der Waals surface area contributed by atoms with Gasteiger partial charge in [0.05, 0.1) is 13.2 Å². The Morgan fingerprint density at radius 2 is 2.04 bits per heavy atom. The van der Waals surface area contributed by atoms with Crippen molar-refractivity contribution < 1.29 is 9.53 Å². The minimum Gasteiger partial charge on any atom is -0.464 e. The summed E-state index contributed by atoms with van der Waals surface area (Å²) in [4.78, 5) is 23.1. The first-order valence-electron chi connectivity index (χ1n) is 7.93. The van der Waals surface area contributed by atoms with Gasteiger partial charge in [-0.15, -0.1) is 0 Å². The van der Waals surface area contributed by atoms with Crippen LogP contribution in [0.1, 0.15) is 34.2 Å². The quantitative estimate of drug-likeness (QED) is 0.816. The number of nitrogens with zero attached hydrogens (tertiary/aromatic N) is 3. The largest absolute Gasteiger partial charge is 0.464 e. The molecule has 1 saturated heterocycles. The zero-order valence-corrected chi connectivity index (χ0v) is 13.3. The summed E-state index contributed by atoms with van der Waals surface area (Å²) in [5, 5.41) is 0. The van der Waals surface area contributed by atoms with E-state index in [4.69, 9.17) is 4.74 Å². The van der Waals surface area contributed by atoms with Gasteiger partial charge in [0.1, 0.15) is 0 Å². The van der Waals surface area contributed by atoms with Crippen molar-refractivity contribution in [3.8, 4) is 0 Å². The lowest BCUT2D eigenvalue weighted by Gasteiger charge is -2.28. The van der Waals surface area contributed by atoms with Gasteiger partial charge in [-0.1, -0.05) is 30.3 Å². The van der Waals surface area contributed by atoms with Gasteiger partial charge in [0.15, 0.2) is 5.69 Å². The zero-order chi connectivity index (χ0) is 16.0. The molecule has 2 aromatic rings. The standard InChI is InChI=1S/C18H19N3O2/c1-11-8-15(17(22)23-2)20-18(19-11)21-10-13-9-14(13)16(21)12-6-4-3-5-7-12/h3-8,13-14,16H,9-10H2,1-2H3/t13-,14-,16-/m0/s1. The summed E-state index contributed by atoms with van der Waals surface area (Å²) < 4.78 is 4.80. The van der Waals surface area contributed by atoms with Crippen LogP contribution in [0.15, 0.2) is 36.4 Å². The van der Waals surface area contributed by atoms with Crippen LogP contribution in [0.4, 0.5) is 5.95 Å². The van der Waals surface area contributed by atoms with E-state index in [0.29, 0.717) is 29.5 Å². The highest BCUT2D eigenvalue weighted by Gasteiger charge is 2.53. The molecule has 1 aromatic carbocycles. The number of hydrogen-bond donors (Lipinski definition) is 0. The molecule has 1 aliphatic carbocycles. The minimum atomic E-state index is -0.419. The van der Waals surface area contributed by atoms with E-state index in [0.717, 1.165) is 12.2 Å². The van der Waals surface area contributed by atoms with E-state index in [1.165, 1.54) is 19.1 Å². The number of methoxy groups -OCH3 is 1. The van der Waals surface area contributed by atoms with Crippen molar-refractivity contribution in [1.29, 1.82) is 0 Å². The maximum atomic E-state index is 11.8. The van der Waals surface area contributed by atoms with E-state index in [9.17, 15) is 4.79 Å². The highest BCUT2D eigenvalue weighted by molar-refractivity contribution is 5.87. The molecule has 0 N–H and O–H groups in total. The monoisotopic (exact) mass is 309 g/mol. The summed E-state index contributed by atoms with van der Waals surface area (Å²) in [6.07, 6.45) is 1.27. The molecule has 0 bridgehead atoms. The molecular weight excluding hydrogens is 290 g/mol. The Morgan fingerprint density at radius 1 is 1.26 bits per heavy atom. The average molecular weight is 309 g/mol. The molecule has 4 rings (SSSR count). The second-order valence-corrected chi connectivity index (χ2v) is 6.35. The maximum Gasteiger partial charge on any atom is 0.356 e. The molecule has 0 amide bonds. The molecule has 2 aliphatic rings. The van der Waals surface area contributed by atoms with Gasteiger partial charge in [-0.3, -0.25) is 0 Å². The summed E-state index contributed by atoms with van der Waals surface area (Å²) in [5.41, 5.74) is 2.40. The Kier molecular flexibility index (Phi) is 3.29. The fraction of sp³-hybridized carbons (Fsp3) is 0.389. The number of carbonyl (C=O) groups excluding carboxylic acids is 1. The van der Waals surface area contributed by atoms with E-state index in [2.05, 4.69) is 39.1 Å². The predicted molar refractivity (Wildman–Crippen MR) is 86.2 cm³/mol. The van der Waals surface area contributed by atoms with Crippen LogP contribution in [0, 0.1) is 18.8 Å². The fourth-order valence-electron chi connectivity index (χ4n) is 3.64. The molecule has 5 nitrogen and oxygen atoms in total. The number of piperidine rings is 1. The summed E-state index contributed by atoms with van der Waals surface area (Å²) in [6, 6.07) is 12.5. The second kappa shape index (κ2) is 5.33. The molecular formula is C18H19N3O2. The third kappa shape index (κ3) is 2.46. The fourth-order valence-corrected chi connectivity index (χ4v) is 3.64. The lowest BCUT2D eigenvalue weighted by molar-refractivity contribution is 0.0593. The lowest BCUT2D eigenvalue weighted by Crippen LogP contribution is -2.29. The van der Waals surface area contributed by atoms with E-state index >= 15 is 0 Å². The lowest BCUT2D eigenvalue weighted by atomic mass is 10.0. The Bertz CT molecular complexity index is 747. The van der Waals surface area contributed by atoms with Gasteiger partial charge in [-0.05, 0) is 36.8 Å². The Hall–Kier alpha value is -2.43. The van der Waals surface area contributed by atoms with Crippen LogP contribution in [0.25, 0.3) is 0 Å². The molecule has 2 fully saturated rings. The van der Waals surface area contributed by atoms with Gasteiger partial charge in [-0.2, -0.15) is 0 Å². The van der Waals surface area contributed by atoms with Crippen LogP contribution in [0.2, 0.25) is 0 Å². The molecule has 1 aromatic heterocycles. The SMILES string of the molecule is COC(=O)c1cc(C)nc(N2C[C@@H]3C[C@@H]3[C@@H]2c2ccccc2)n1. The van der Waals surface area contributed by atoms with E-state index in [1.54, 1.807) is 6.07 Å². The van der Waals surface area contributed by atoms with E-state index in [-0.39, 0.29) is 0 Å². The third-order valence-corrected chi connectivity index (χ3v) is 4.78. The van der Waals surface area contributed by atoms with E-state index in [1.807, 2.05) is 13.0 Å². The normalized spacial score (nSPS) is 25.1. The highest BCUT2D eigenvalue weighted by atomic mass is 16.5. The molecule has 118 valence electrons. The predicted octanol–water partition coefficient (Wildman–Crippen LogP) is 2.77. The molecule has 3 atom stereocenters. The number of carbonyl (C=O) groups is 1. The van der Waals surface area contributed by atoms with Crippen molar-refractivity contribution in [3.63, 3.8) is 0 Å². The molecule has 5 heteroatoms. The number of ether oxygens (including phenoxy) is 1. The number of rotatable bonds is 3. The van der Waals surface area contributed by atoms with Crippen molar-refractivity contribution >= 4 is 11.9 Å². The van der Waals surface area contributed by atoms with Gasteiger partial charge in [0.25, 0.3) is 0 Å². The van der Waals surface area contributed by atoms with Gasteiger partial charge in [0.2, 0.25) is 5.95 Å². The average Bonchev–Trinajstić information content (AvgIpc) is 3.24. The number of benzene rings is 1. The van der Waals surface area contributed by atoms with Crippen LogP contribution in [0.3, 0.4) is 0 Å². The number of anilines is 1. The van der Waals surface area contributed by atoms with Gasteiger partial charge < -0.3 is 9.64 Å². The molecule has 0 radical (unpaired) electrons. The first kappa shape index (κ1) is 14.2. The molecule has 23 heavy (non-hydrogen) atoms. The zero-order valence-electron chi connectivity index (χ0n) is 13.3. The van der Waals surface area contributed by atoms with Crippen LogP contribution in [-0.2, 0) is 4.74 Å². The molecule has 1 saturated carbocycles. The Balaban J connectivity index is 1.72. The number of fused-ring (bicyclic) bond motifs is 1. The second-order valence-electron chi connectivity index (χ2n) is 6.35. The maximum absolute atomic E-state index is 11.8. The molecule has 0 spiro atoms. The number of aromatic nitrogens is 2. The van der Waals surface area contributed by atoms with Gasteiger partial charge in [0, 0.05) is 12.2 Å². The smallest absolute Gasteiger partial charge is 0.356 e. The Morgan fingerprint density at radius 3 is 2.78 bits per heavy atom. The van der Waals surface area contributed by atoms with Crippen LogP contribution in [0.5, 0.6) is 0 Å². The van der Waals surface area contributed by atoms with Crippen LogP contribution in [-0.4, -0.2) is 29.6 Å². The topological polar surface area (TPSA) is 55.3 Å². The van der Waals surface area contributed by atoms with Crippen molar-refractivity contribution in [3.05, 3.63) is 53.3 Å². The third-order valence-electron chi connectivity index (χ3n) is 4.78. The molecule has 0 unspecified atom stereocenters. The van der Waals surface area contributed by atoms with Gasteiger partial charge >= 0.3 is 5.97 Å².